The molecule has 0 saturated heterocycles. The third-order valence-electron chi connectivity index (χ3n) is 2.51. The highest BCUT2D eigenvalue weighted by molar-refractivity contribution is 6.10. The maximum Gasteiger partial charge on any atom is 0.145 e. The normalized spacial score (nSPS) is 16.1. The third kappa shape index (κ3) is 1.69. The Morgan fingerprint density at radius 3 is 2.56 bits per heavy atom. The van der Waals surface area contributed by atoms with E-state index >= 15 is 0 Å². The standard InChI is InChI=1S/C11H13NO3.ClH/c1-11(2)10(12)9-7(13)4-6(14-3)5-8(9)15-11;/h4-5,12-13H,1-3H3;1H. The van der Waals surface area contributed by atoms with Crippen LogP contribution in [0.2, 0.25) is 0 Å². The van der Waals surface area contributed by atoms with E-state index in [1.807, 2.05) is 0 Å². The summed E-state index contributed by atoms with van der Waals surface area (Å²) < 4.78 is 10.6. The van der Waals surface area contributed by atoms with Crippen LogP contribution >= 0.6 is 12.4 Å². The molecule has 0 saturated carbocycles. The van der Waals surface area contributed by atoms with Gasteiger partial charge in [-0.25, -0.2) is 0 Å². The molecule has 0 spiro atoms. The molecule has 2 N–H and O–H groups in total. The molecule has 0 aliphatic carbocycles. The number of ether oxygens (including phenoxy) is 2. The largest absolute Gasteiger partial charge is 0.507 e. The Morgan fingerprint density at radius 1 is 1.38 bits per heavy atom. The van der Waals surface area contributed by atoms with Gasteiger partial charge in [0.15, 0.2) is 0 Å². The molecule has 4 nitrogen and oxygen atoms in total. The lowest BCUT2D eigenvalue weighted by Gasteiger charge is -2.17. The van der Waals surface area contributed by atoms with E-state index in [0.29, 0.717) is 17.1 Å². The van der Waals surface area contributed by atoms with Gasteiger partial charge in [-0.05, 0) is 13.8 Å². The van der Waals surface area contributed by atoms with Gasteiger partial charge < -0.3 is 20.0 Å². The average molecular weight is 244 g/mol. The molecule has 1 aliphatic rings. The number of fused-ring (bicyclic) bond motifs is 1. The first-order valence-corrected chi connectivity index (χ1v) is 4.65. The fourth-order valence-electron chi connectivity index (χ4n) is 1.65. The average Bonchev–Trinajstić information content (AvgIpc) is 2.37. The van der Waals surface area contributed by atoms with E-state index in [1.54, 1.807) is 19.9 Å². The van der Waals surface area contributed by atoms with Crippen LogP contribution in [0.1, 0.15) is 19.4 Å². The lowest BCUT2D eigenvalue weighted by atomic mass is 9.98. The minimum absolute atomic E-state index is 0. The topological polar surface area (TPSA) is 62.5 Å². The zero-order chi connectivity index (χ0) is 11.2. The predicted molar refractivity (Wildman–Crippen MR) is 63.4 cm³/mol. The summed E-state index contributed by atoms with van der Waals surface area (Å²) in [6, 6.07) is 3.16. The summed E-state index contributed by atoms with van der Waals surface area (Å²) in [5, 5.41) is 17.6. The summed E-state index contributed by atoms with van der Waals surface area (Å²) in [6.45, 7) is 3.59. The fourth-order valence-corrected chi connectivity index (χ4v) is 1.65. The second kappa shape index (κ2) is 3.87. The smallest absolute Gasteiger partial charge is 0.145 e. The number of phenolic OH excluding ortho intramolecular Hbond substituents is 1. The summed E-state index contributed by atoms with van der Waals surface area (Å²) in [4.78, 5) is 0. The van der Waals surface area contributed by atoms with Crippen molar-refractivity contribution in [1.82, 2.24) is 0 Å². The van der Waals surface area contributed by atoms with E-state index in [0.717, 1.165) is 0 Å². The van der Waals surface area contributed by atoms with Gasteiger partial charge >= 0.3 is 0 Å². The monoisotopic (exact) mass is 243 g/mol. The van der Waals surface area contributed by atoms with Gasteiger partial charge in [-0.2, -0.15) is 0 Å². The summed E-state index contributed by atoms with van der Waals surface area (Å²) in [5.41, 5.74) is 0.0603. The van der Waals surface area contributed by atoms with Crippen LogP contribution in [0.25, 0.3) is 0 Å². The Kier molecular flexibility index (Phi) is 3.06. The zero-order valence-corrected chi connectivity index (χ0v) is 10.1. The van der Waals surface area contributed by atoms with Crippen LogP contribution in [0, 0.1) is 5.41 Å². The van der Waals surface area contributed by atoms with Gasteiger partial charge in [0.2, 0.25) is 0 Å². The van der Waals surface area contributed by atoms with E-state index in [9.17, 15) is 5.11 Å². The van der Waals surface area contributed by atoms with Crippen molar-refractivity contribution in [2.75, 3.05) is 7.11 Å². The lowest BCUT2D eigenvalue weighted by Crippen LogP contribution is -2.32. The molecular formula is C11H14ClNO3. The van der Waals surface area contributed by atoms with E-state index in [4.69, 9.17) is 14.9 Å². The van der Waals surface area contributed by atoms with Gasteiger partial charge in [0.25, 0.3) is 0 Å². The van der Waals surface area contributed by atoms with E-state index in [2.05, 4.69) is 0 Å². The van der Waals surface area contributed by atoms with Gasteiger partial charge in [-0.1, -0.05) is 0 Å². The second-order valence-corrected chi connectivity index (χ2v) is 4.01. The highest BCUT2D eigenvalue weighted by Gasteiger charge is 2.38. The first kappa shape index (κ1) is 12.6. The molecule has 1 aromatic carbocycles. The van der Waals surface area contributed by atoms with Gasteiger partial charge in [0.1, 0.15) is 22.8 Å². The summed E-state index contributed by atoms with van der Waals surface area (Å²) in [5.74, 6) is 1.05. The third-order valence-corrected chi connectivity index (χ3v) is 2.51. The van der Waals surface area contributed by atoms with E-state index in [1.165, 1.54) is 13.2 Å². The van der Waals surface area contributed by atoms with Crippen molar-refractivity contribution in [3.8, 4) is 17.2 Å². The molecule has 0 radical (unpaired) electrons. The number of hydrogen-bond donors (Lipinski definition) is 2. The minimum atomic E-state index is -0.688. The molecule has 0 unspecified atom stereocenters. The van der Waals surface area contributed by atoms with Gasteiger partial charge in [-0.15, -0.1) is 12.4 Å². The first-order chi connectivity index (χ1) is 6.95. The summed E-state index contributed by atoms with van der Waals surface area (Å²) >= 11 is 0. The van der Waals surface area contributed by atoms with Crippen LogP contribution in [0.3, 0.4) is 0 Å². The van der Waals surface area contributed by atoms with Crippen molar-refractivity contribution in [2.45, 2.75) is 19.4 Å². The van der Waals surface area contributed by atoms with Crippen LogP contribution in [0.4, 0.5) is 0 Å². The number of hydrogen-bond acceptors (Lipinski definition) is 4. The van der Waals surface area contributed by atoms with Crippen LogP contribution < -0.4 is 9.47 Å². The number of halogens is 1. The molecule has 5 heteroatoms. The molecular weight excluding hydrogens is 230 g/mol. The van der Waals surface area contributed by atoms with Gasteiger partial charge in [0.05, 0.1) is 18.4 Å². The number of rotatable bonds is 1. The van der Waals surface area contributed by atoms with E-state index < -0.39 is 5.60 Å². The van der Waals surface area contributed by atoms with Crippen molar-refractivity contribution < 1.29 is 14.6 Å². The summed E-state index contributed by atoms with van der Waals surface area (Å²) in [7, 11) is 1.52. The Hall–Kier alpha value is -1.42. The Labute approximate surface area is 100 Å². The second-order valence-electron chi connectivity index (χ2n) is 4.01. The number of methoxy groups -OCH3 is 1. The first-order valence-electron chi connectivity index (χ1n) is 4.65. The Bertz CT molecular complexity index is 443. The van der Waals surface area contributed by atoms with Crippen molar-refractivity contribution >= 4 is 18.1 Å². The van der Waals surface area contributed by atoms with Crippen LogP contribution in [0.5, 0.6) is 17.2 Å². The van der Waals surface area contributed by atoms with Crippen molar-refractivity contribution in [2.24, 2.45) is 0 Å². The molecule has 2 rings (SSSR count). The molecule has 1 heterocycles. The molecule has 1 aliphatic heterocycles. The quantitative estimate of drug-likeness (QED) is 0.796. The van der Waals surface area contributed by atoms with Crippen molar-refractivity contribution in [3.63, 3.8) is 0 Å². The van der Waals surface area contributed by atoms with Crippen molar-refractivity contribution in [1.29, 1.82) is 5.41 Å². The number of phenols is 1. The predicted octanol–water partition coefficient (Wildman–Crippen LogP) is 2.36. The molecule has 1 aromatic rings. The van der Waals surface area contributed by atoms with Crippen molar-refractivity contribution in [3.05, 3.63) is 17.7 Å². The van der Waals surface area contributed by atoms with Gasteiger partial charge in [-0.3, -0.25) is 0 Å². The Balaban J connectivity index is 0.00000128. The maximum absolute atomic E-state index is 9.75. The Morgan fingerprint density at radius 2 is 2.00 bits per heavy atom. The molecule has 0 aromatic heterocycles. The molecule has 0 fully saturated rings. The molecule has 0 amide bonds. The number of nitrogens with one attached hydrogen (secondary N) is 1. The zero-order valence-electron chi connectivity index (χ0n) is 9.33. The molecule has 16 heavy (non-hydrogen) atoms. The highest BCUT2D eigenvalue weighted by atomic mass is 35.5. The fraction of sp³-hybridized carbons (Fsp3) is 0.364. The summed E-state index contributed by atoms with van der Waals surface area (Å²) in [6.07, 6.45) is 0. The molecule has 88 valence electrons. The number of benzene rings is 1. The van der Waals surface area contributed by atoms with Crippen LogP contribution in [0.15, 0.2) is 12.1 Å². The molecule has 0 bridgehead atoms. The highest BCUT2D eigenvalue weighted by Crippen LogP contribution is 2.42. The minimum Gasteiger partial charge on any atom is -0.507 e. The van der Waals surface area contributed by atoms with Crippen LogP contribution in [-0.2, 0) is 0 Å². The SMILES string of the molecule is COc1cc(O)c2c(c1)OC(C)(C)C2=N.Cl. The van der Waals surface area contributed by atoms with Gasteiger partial charge in [0, 0.05) is 12.1 Å². The lowest BCUT2D eigenvalue weighted by molar-refractivity contribution is 0.196. The number of aromatic hydroxyl groups is 1. The van der Waals surface area contributed by atoms with Crippen LogP contribution in [-0.4, -0.2) is 23.5 Å². The maximum atomic E-state index is 9.75. The van der Waals surface area contributed by atoms with E-state index in [-0.39, 0.29) is 23.9 Å². The molecule has 0 atom stereocenters.